The van der Waals surface area contributed by atoms with E-state index in [2.05, 4.69) is 10.0 Å². The molecule has 0 radical (unpaired) electrons. The van der Waals surface area contributed by atoms with Gasteiger partial charge in [0.1, 0.15) is 0 Å². The maximum Gasteiger partial charge on any atom is 0.306 e. The molecule has 0 spiro atoms. The Labute approximate surface area is 121 Å². The van der Waals surface area contributed by atoms with E-state index in [1.54, 1.807) is 0 Å². The summed E-state index contributed by atoms with van der Waals surface area (Å²) in [6, 6.07) is 2.55. The molecule has 9 heteroatoms. The van der Waals surface area contributed by atoms with Crippen LogP contribution >= 0.6 is 0 Å². The maximum absolute atomic E-state index is 13.2. The van der Waals surface area contributed by atoms with Crippen LogP contribution in [0.1, 0.15) is 12.8 Å². The highest BCUT2D eigenvalue weighted by atomic mass is 32.2. The molecule has 0 saturated carbocycles. The number of nitrogens with one attached hydrogen (secondary N) is 2. The molecule has 1 saturated heterocycles. The van der Waals surface area contributed by atoms with Crippen molar-refractivity contribution in [2.75, 3.05) is 19.6 Å². The third-order valence-corrected chi connectivity index (χ3v) is 4.87. The number of sulfonamides is 1. The summed E-state index contributed by atoms with van der Waals surface area (Å²) in [5, 5.41) is 13.8. The highest BCUT2D eigenvalue weighted by Crippen LogP contribution is 2.21. The van der Waals surface area contributed by atoms with Crippen LogP contribution in [0.5, 0.6) is 0 Å². The summed E-state index contributed by atoms with van der Waals surface area (Å²) < 4.78 is 39.8. The van der Waals surface area contributed by atoms with Crippen molar-refractivity contribution < 1.29 is 17.7 Å². The van der Waals surface area contributed by atoms with Crippen molar-refractivity contribution in [1.82, 2.24) is 10.0 Å². The van der Waals surface area contributed by atoms with Gasteiger partial charge in [0, 0.05) is 12.6 Å². The first-order valence-electron chi connectivity index (χ1n) is 6.54. The zero-order valence-electron chi connectivity index (χ0n) is 11.2. The molecule has 21 heavy (non-hydrogen) atoms. The molecule has 1 fully saturated rings. The van der Waals surface area contributed by atoms with Crippen LogP contribution in [0.2, 0.25) is 0 Å². The highest BCUT2D eigenvalue weighted by Gasteiger charge is 2.23. The van der Waals surface area contributed by atoms with Crippen LogP contribution in [-0.4, -0.2) is 33.0 Å². The topological polar surface area (TPSA) is 101 Å². The summed E-state index contributed by atoms with van der Waals surface area (Å²) in [4.78, 5) is 9.40. The second-order valence-corrected chi connectivity index (χ2v) is 6.68. The SMILES string of the molecule is O=[N+]([O-])c1cc(S(=O)(=O)NCC2CCNCC2)ccc1F. The highest BCUT2D eigenvalue weighted by molar-refractivity contribution is 7.89. The molecule has 0 bridgehead atoms. The molecule has 1 heterocycles. The quantitative estimate of drug-likeness (QED) is 0.623. The molecule has 2 N–H and O–H groups in total. The van der Waals surface area contributed by atoms with Gasteiger partial charge in [0.15, 0.2) is 0 Å². The summed E-state index contributed by atoms with van der Waals surface area (Å²) in [7, 11) is -3.87. The Bertz CT molecular complexity index is 629. The number of hydrogen-bond donors (Lipinski definition) is 2. The molecular formula is C12H16FN3O4S. The molecule has 0 unspecified atom stereocenters. The van der Waals surface area contributed by atoms with Gasteiger partial charge in [-0.05, 0) is 44.0 Å². The first kappa shape index (κ1) is 15.8. The minimum Gasteiger partial charge on any atom is -0.317 e. The molecule has 1 aromatic rings. The van der Waals surface area contributed by atoms with Gasteiger partial charge in [-0.25, -0.2) is 13.1 Å². The minimum absolute atomic E-state index is 0.233. The number of halogens is 1. The van der Waals surface area contributed by atoms with E-state index in [9.17, 15) is 22.9 Å². The molecule has 116 valence electrons. The van der Waals surface area contributed by atoms with E-state index in [1.807, 2.05) is 0 Å². The largest absolute Gasteiger partial charge is 0.317 e. The van der Waals surface area contributed by atoms with Crippen molar-refractivity contribution in [3.8, 4) is 0 Å². The van der Waals surface area contributed by atoms with Crippen LogP contribution in [0.3, 0.4) is 0 Å². The van der Waals surface area contributed by atoms with Crippen molar-refractivity contribution in [3.05, 3.63) is 34.1 Å². The third kappa shape index (κ3) is 3.96. The average Bonchev–Trinajstić information content (AvgIpc) is 2.46. The van der Waals surface area contributed by atoms with Crippen LogP contribution in [0, 0.1) is 21.8 Å². The predicted molar refractivity (Wildman–Crippen MR) is 73.8 cm³/mol. The molecule has 0 aromatic heterocycles. The minimum atomic E-state index is -3.87. The Balaban J connectivity index is 2.11. The van der Waals surface area contributed by atoms with Crippen LogP contribution in [-0.2, 0) is 10.0 Å². The number of rotatable bonds is 5. The fourth-order valence-corrected chi connectivity index (χ4v) is 3.33. The van der Waals surface area contributed by atoms with Crippen LogP contribution in [0.15, 0.2) is 23.1 Å². The van der Waals surface area contributed by atoms with Gasteiger partial charge in [0.2, 0.25) is 15.8 Å². The predicted octanol–water partition coefficient (Wildman–Crippen LogP) is 1.01. The molecule has 0 atom stereocenters. The number of nitro groups is 1. The number of benzene rings is 1. The van der Waals surface area contributed by atoms with Gasteiger partial charge in [0.05, 0.1) is 9.82 Å². The average molecular weight is 317 g/mol. The van der Waals surface area contributed by atoms with E-state index in [0.717, 1.165) is 44.1 Å². The Morgan fingerprint density at radius 3 is 2.67 bits per heavy atom. The van der Waals surface area contributed by atoms with Gasteiger partial charge in [-0.3, -0.25) is 10.1 Å². The summed E-state index contributed by atoms with van der Waals surface area (Å²) in [5.74, 6) is -0.825. The van der Waals surface area contributed by atoms with E-state index in [4.69, 9.17) is 0 Å². The molecule has 1 aromatic carbocycles. The van der Waals surface area contributed by atoms with E-state index < -0.39 is 26.5 Å². The van der Waals surface area contributed by atoms with Crippen molar-refractivity contribution in [1.29, 1.82) is 0 Å². The zero-order valence-corrected chi connectivity index (χ0v) is 12.0. The molecule has 0 aliphatic carbocycles. The van der Waals surface area contributed by atoms with E-state index in [-0.39, 0.29) is 17.4 Å². The second-order valence-electron chi connectivity index (χ2n) is 4.92. The Hall–Kier alpha value is -1.58. The molecule has 0 amide bonds. The first-order valence-corrected chi connectivity index (χ1v) is 8.03. The van der Waals surface area contributed by atoms with Crippen molar-refractivity contribution >= 4 is 15.7 Å². The van der Waals surface area contributed by atoms with Crippen molar-refractivity contribution in [2.24, 2.45) is 5.92 Å². The summed E-state index contributed by atoms with van der Waals surface area (Å²) >= 11 is 0. The van der Waals surface area contributed by atoms with Gasteiger partial charge < -0.3 is 5.32 Å². The fraction of sp³-hybridized carbons (Fsp3) is 0.500. The lowest BCUT2D eigenvalue weighted by Gasteiger charge is -2.22. The van der Waals surface area contributed by atoms with E-state index >= 15 is 0 Å². The zero-order chi connectivity index (χ0) is 15.5. The standard InChI is InChI=1S/C12H16FN3O4S/c13-11-2-1-10(7-12(11)16(17)18)21(19,20)15-8-9-3-5-14-6-4-9/h1-2,7,9,14-15H,3-6,8H2. The van der Waals surface area contributed by atoms with Crippen LogP contribution in [0.25, 0.3) is 0 Å². The van der Waals surface area contributed by atoms with Crippen LogP contribution in [0.4, 0.5) is 10.1 Å². The second kappa shape index (κ2) is 6.46. The van der Waals surface area contributed by atoms with Crippen LogP contribution < -0.4 is 10.0 Å². The number of nitrogens with zero attached hydrogens (tertiary/aromatic N) is 1. The number of piperidine rings is 1. The fourth-order valence-electron chi connectivity index (χ4n) is 2.20. The number of hydrogen-bond acceptors (Lipinski definition) is 5. The number of nitro benzene ring substituents is 1. The summed E-state index contributed by atoms with van der Waals surface area (Å²) in [6.45, 7) is 1.96. The van der Waals surface area contributed by atoms with Gasteiger partial charge in [-0.1, -0.05) is 0 Å². The van der Waals surface area contributed by atoms with Gasteiger partial charge >= 0.3 is 5.69 Å². The smallest absolute Gasteiger partial charge is 0.306 e. The molecular weight excluding hydrogens is 301 g/mol. The van der Waals surface area contributed by atoms with Crippen molar-refractivity contribution in [3.63, 3.8) is 0 Å². The molecule has 7 nitrogen and oxygen atoms in total. The maximum atomic E-state index is 13.2. The van der Waals surface area contributed by atoms with E-state index in [1.165, 1.54) is 0 Å². The van der Waals surface area contributed by atoms with E-state index in [0.29, 0.717) is 0 Å². The molecule has 2 rings (SSSR count). The Morgan fingerprint density at radius 1 is 1.38 bits per heavy atom. The van der Waals surface area contributed by atoms with Gasteiger partial charge in [-0.2, -0.15) is 4.39 Å². The Morgan fingerprint density at radius 2 is 2.05 bits per heavy atom. The lowest BCUT2D eigenvalue weighted by Crippen LogP contribution is -2.36. The Kier molecular flexibility index (Phi) is 4.86. The lowest BCUT2D eigenvalue weighted by molar-refractivity contribution is -0.387. The summed E-state index contributed by atoms with van der Waals surface area (Å²) in [6.07, 6.45) is 1.73. The summed E-state index contributed by atoms with van der Waals surface area (Å²) in [5.41, 5.74) is -0.847. The first-order chi connectivity index (χ1) is 9.90. The van der Waals surface area contributed by atoms with Gasteiger partial charge in [-0.15, -0.1) is 0 Å². The van der Waals surface area contributed by atoms with Crippen molar-refractivity contribution in [2.45, 2.75) is 17.7 Å². The molecule has 1 aliphatic heterocycles. The lowest BCUT2D eigenvalue weighted by atomic mass is 9.99. The van der Waals surface area contributed by atoms with Gasteiger partial charge in [0.25, 0.3) is 0 Å². The molecule has 1 aliphatic rings. The normalized spacial score (nSPS) is 16.8. The third-order valence-electron chi connectivity index (χ3n) is 3.45. The monoisotopic (exact) mass is 317 g/mol.